The van der Waals surface area contributed by atoms with Crippen LogP contribution in [0.5, 0.6) is 0 Å². The lowest BCUT2D eigenvalue weighted by molar-refractivity contribution is -0.145. The Morgan fingerprint density at radius 3 is 2.47 bits per heavy atom. The molecule has 9 nitrogen and oxygen atoms in total. The van der Waals surface area contributed by atoms with E-state index in [1.807, 2.05) is 32.9 Å². The molecule has 1 aromatic carbocycles. The average Bonchev–Trinajstić information content (AvgIpc) is 3.46. The van der Waals surface area contributed by atoms with Crippen molar-refractivity contribution < 1.29 is 23.6 Å². The highest BCUT2D eigenvalue weighted by atomic mass is 35.5. The summed E-state index contributed by atoms with van der Waals surface area (Å²) in [7, 11) is 0. The van der Waals surface area contributed by atoms with E-state index in [9.17, 15) is 14.4 Å². The third-order valence-corrected chi connectivity index (χ3v) is 7.22. The number of hydrogen-bond acceptors (Lipinski definition) is 6. The Labute approximate surface area is 214 Å². The third-order valence-electron chi connectivity index (χ3n) is 6.97. The van der Waals surface area contributed by atoms with Gasteiger partial charge in [0, 0.05) is 23.2 Å². The van der Waals surface area contributed by atoms with Crippen molar-refractivity contribution in [3.8, 4) is 0 Å². The highest BCUT2D eigenvalue weighted by Gasteiger charge is 2.76. The van der Waals surface area contributed by atoms with Gasteiger partial charge in [0.15, 0.2) is 5.82 Å². The van der Waals surface area contributed by atoms with Gasteiger partial charge in [0.2, 0.25) is 17.7 Å². The van der Waals surface area contributed by atoms with Crippen LogP contribution in [-0.2, 0) is 25.7 Å². The highest BCUT2D eigenvalue weighted by Crippen LogP contribution is 2.60. The first kappa shape index (κ1) is 24.5. The zero-order valence-electron chi connectivity index (χ0n) is 20.8. The second-order valence-corrected chi connectivity index (χ2v) is 11.4. The van der Waals surface area contributed by atoms with Gasteiger partial charge in [-0.25, -0.2) is 0 Å². The molecule has 2 saturated heterocycles. The number of amides is 3. The molecule has 0 unspecified atom stereocenters. The van der Waals surface area contributed by atoms with Crippen LogP contribution in [0.25, 0.3) is 0 Å². The second kappa shape index (κ2) is 8.18. The smallest absolute Gasteiger partial charge is 0.246 e. The maximum atomic E-state index is 14.0. The van der Waals surface area contributed by atoms with E-state index in [0.29, 0.717) is 10.8 Å². The number of benzene rings is 1. The van der Waals surface area contributed by atoms with Crippen molar-refractivity contribution in [3.63, 3.8) is 0 Å². The predicted octanol–water partition coefficient (Wildman–Crippen LogP) is 3.23. The lowest BCUT2D eigenvalue weighted by Crippen LogP contribution is -2.57. The summed E-state index contributed by atoms with van der Waals surface area (Å²) in [5.41, 5.74) is -2.07. The van der Waals surface area contributed by atoms with Crippen molar-refractivity contribution in [2.24, 2.45) is 11.8 Å². The van der Waals surface area contributed by atoms with E-state index >= 15 is 0 Å². The minimum atomic E-state index is -1.28. The van der Waals surface area contributed by atoms with Crippen LogP contribution in [0.2, 0.25) is 5.02 Å². The van der Waals surface area contributed by atoms with Crippen LogP contribution in [0.15, 0.2) is 47.0 Å². The number of aromatic nitrogens is 1. The molecule has 4 heterocycles. The summed E-state index contributed by atoms with van der Waals surface area (Å²) in [5.74, 6) is -2.03. The monoisotopic (exact) mass is 512 g/mol. The van der Waals surface area contributed by atoms with Crippen molar-refractivity contribution in [2.45, 2.75) is 63.9 Å². The molecular weight excluding hydrogens is 484 g/mol. The topological polar surface area (TPSA) is 114 Å². The first-order valence-corrected chi connectivity index (χ1v) is 12.2. The largest absolute Gasteiger partial charge is 0.360 e. The van der Waals surface area contributed by atoms with E-state index in [0.717, 1.165) is 5.56 Å². The molecule has 0 saturated carbocycles. The summed E-state index contributed by atoms with van der Waals surface area (Å²) in [6.45, 7) is 9.28. The first-order valence-electron chi connectivity index (χ1n) is 11.8. The van der Waals surface area contributed by atoms with E-state index in [4.69, 9.17) is 20.9 Å². The molecule has 2 bridgehead atoms. The number of fused-ring (bicyclic) bond motifs is 1. The molecule has 0 radical (unpaired) electrons. The maximum absolute atomic E-state index is 14.0. The van der Waals surface area contributed by atoms with Crippen LogP contribution >= 0.6 is 11.6 Å². The Morgan fingerprint density at radius 1 is 1.17 bits per heavy atom. The number of hydrogen-bond donors (Lipinski definition) is 2. The van der Waals surface area contributed by atoms with Gasteiger partial charge in [-0.1, -0.05) is 41.0 Å². The molecule has 3 aliphatic heterocycles. The number of halogens is 1. The van der Waals surface area contributed by atoms with Crippen LogP contribution in [0, 0.1) is 18.8 Å². The minimum absolute atomic E-state index is 0.168. The van der Waals surface area contributed by atoms with Crippen molar-refractivity contribution in [2.75, 3.05) is 5.32 Å². The zero-order valence-corrected chi connectivity index (χ0v) is 21.6. The molecule has 3 aliphatic rings. The van der Waals surface area contributed by atoms with Gasteiger partial charge in [0.1, 0.15) is 17.4 Å². The molecule has 5 atom stereocenters. The number of carbonyl (C=O) groups is 3. The number of nitrogens with one attached hydrogen (secondary N) is 2. The molecule has 1 aromatic heterocycles. The number of aryl methyl sites for hydroxylation is 1. The molecule has 2 N–H and O–H groups in total. The molecule has 0 aliphatic carbocycles. The van der Waals surface area contributed by atoms with Crippen LogP contribution < -0.4 is 10.6 Å². The summed E-state index contributed by atoms with van der Waals surface area (Å²) in [6.07, 6.45) is 3.58. The van der Waals surface area contributed by atoms with Gasteiger partial charge in [-0.15, -0.1) is 0 Å². The van der Waals surface area contributed by atoms with Crippen LogP contribution in [-0.4, -0.2) is 50.6 Å². The predicted molar refractivity (Wildman–Crippen MR) is 132 cm³/mol. The molecule has 36 heavy (non-hydrogen) atoms. The molecule has 10 heteroatoms. The number of anilines is 1. The van der Waals surface area contributed by atoms with Crippen molar-refractivity contribution in [1.82, 2.24) is 15.4 Å². The van der Waals surface area contributed by atoms with Gasteiger partial charge in [0.05, 0.1) is 17.4 Å². The second-order valence-electron chi connectivity index (χ2n) is 11.0. The van der Waals surface area contributed by atoms with Crippen molar-refractivity contribution in [3.05, 3.63) is 58.8 Å². The summed E-state index contributed by atoms with van der Waals surface area (Å²) >= 11 is 6.04. The molecule has 5 rings (SSSR count). The summed E-state index contributed by atoms with van der Waals surface area (Å²) in [6, 6.07) is 7.73. The fourth-order valence-corrected chi connectivity index (χ4v) is 5.78. The lowest BCUT2D eigenvalue weighted by Gasteiger charge is -2.35. The third kappa shape index (κ3) is 3.90. The van der Waals surface area contributed by atoms with Gasteiger partial charge >= 0.3 is 0 Å². The molecule has 1 spiro atoms. The quantitative estimate of drug-likeness (QED) is 0.594. The van der Waals surface area contributed by atoms with Crippen LogP contribution in [0.3, 0.4) is 0 Å². The minimum Gasteiger partial charge on any atom is -0.360 e. The summed E-state index contributed by atoms with van der Waals surface area (Å²) in [5, 5.41) is 10.2. The number of rotatable bonds is 5. The van der Waals surface area contributed by atoms with E-state index in [1.165, 1.54) is 4.90 Å². The highest BCUT2D eigenvalue weighted by molar-refractivity contribution is 6.30. The SMILES string of the molecule is Cc1cc(NC(=O)[C@@H]2[C@H]3C(=O)N(Cc4ccc(Cl)cc4)[C@@H](C(=O)NC(C)(C)C)[C@@]34C=C[C@@]2(C)O4)no1. The molecular formula is C26H29ClN4O5. The van der Waals surface area contributed by atoms with Crippen LogP contribution in [0.1, 0.15) is 39.0 Å². The van der Waals surface area contributed by atoms with Gasteiger partial charge < -0.3 is 24.8 Å². The number of ether oxygens (including phenoxy) is 1. The molecule has 190 valence electrons. The van der Waals surface area contributed by atoms with Crippen molar-refractivity contribution in [1.29, 1.82) is 0 Å². The fraction of sp³-hybridized carbons (Fsp3) is 0.462. The summed E-state index contributed by atoms with van der Waals surface area (Å²) in [4.78, 5) is 42.8. The average molecular weight is 513 g/mol. The standard InChI is InChI=1S/C26H29ClN4O5/c1-14-12-17(30-35-14)28-21(32)18-19-23(34)31(13-15-6-8-16(27)9-7-15)20(22(33)29-24(2,3)4)26(19)11-10-25(18,5)36-26/h6-12,18-20H,13H2,1-5H3,(H,29,33)(H,28,30,32)/t18-,19-,20-,25+,26+/m0/s1. The van der Waals surface area contributed by atoms with Crippen molar-refractivity contribution >= 4 is 35.1 Å². The number of carbonyl (C=O) groups excluding carboxylic acids is 3. The Hall–Kier alpha value is -3.17. The summed E-state index contributed by atoms with van der Waals surface area (Å²) < 4.78 is 11.6. The Balaban J connectivity index is 1.54. The van der Waals surface area contributed by atoms with Gasteiger partial charge in [0.25, 0.3) is 0 Å². The zero-order chi connectivity index (χ0) is 26.0. The van der Waals surface area contributed by atoms with E-state index in [1.54, 1.807) is 44.2 Å². The Bertz CT molecular complexity index is 1270. The maximum Gasteiger partial charge on any atom is 0.246 e. The first-order chi connectivity index (χ1) is 16.8. The Morgan fingerprint density at radius 2 is 1.86 bits per heavy atom. The van der Waals surface area contributed by atoms with Gasteiger partial charge in [-0.3, -0.25) is 14.4 Å². The molecule has 2 fully saturated rings. The van der Waals surface area contributed by atoms with Crippen LogP contribution in [0.4, 0.5) is 5.82 Å². The lowest BCUT2D eigenvalue weighted by atomic mass is 9.70. The van der Waals surface area contributed by atoms with E-state index in [2.05, 4.69) is 15.8 Å². The number of likely N-dealkylation sites (tertiary alicyclic amines) is 1. The van der Waals surface area contributed by atoms with E-state index in [-0.39, 0.29) is 24.2 Å². The number of nitrogens with zero attached hydrogens (tertiary/aromatic N) is 2. The fourth-order valence-electron chi connectivity index (χ4n) is 5.65. The molecule has 3 amide bonds. The van der Waals surface area contributed by atoms with Gasteiger partial charge in [-0.2, -0.15) is 0 Å². The molecule has 2 aromatic rings. The normalized spacial score (nSPS) is 30.6. The Kier molecular flexibility index (Phi) is 5.57. The van der Waals surface area contributed by atoms with E-state index < -0.39 is 40.5 Å². The van der Waals surface area contributed by atoms with Gasteiger partial charge in [-0.05, 0) is 52.3 Å².